The van der Waals surface area contributed by atoms with E-state index in [2.05, 4.69) is 0 Å². The van der Waals surface area contributed by atoms with Crippen molar-refractivity contribution in [1.82, 2.24) is 0 Å². The molecule has 0 saturated carbocycles. The molecule has 20 heavy (non-hydrogen) atoms. The van der Waals surface area contributed by atoms with Gasteiger partial charge in [-0.3, -0.25) is 4.57 Å². The van der Waals surface area contributed by atoms with E-state index in [-0.39, 0.29) is 23.8 Å². The lowest BCUT2D eigenvalue weighted by Crippen LogP contribution is -2.07. The van der Waals surface area contributed by atoms with Crippen LogP contribution in [0.3, 0.4) is 0 Å². The van der Waals surface area contributed by atoms with Crippen LogP contribution in [0.2, 0.25) is 0 Å². The molecule has 2 nitrogen and oxygen atoms in total. The molecule has 0 aliphatic heterocycles. The van der Waals surface area contributed by atoms with E-state index in [1.807, 2.05) is 13.8 Å². The molecule has 0 aliphatic carbocycles. The first kappa shape index (κ1) is 17.3. The zero-order valence-corrected chi connectivity index (χ0v) is 12.5. The Morgan fingerprint density at radius 2 is 2.00 bits per heavy atom. The van der Waals surface area contributed by atoms with Crippen LogP contribution in [0.5, 0.6) is 0 Å². The Morgan fingerprint density at radius 3 is 2.55 bits per heavy atom. The molecular weight excluding hydrogens is 288 g/mol. The van der Waals surface area contributed by atoms with Crippen molar-refractivity contribution in [2.45, 2.75) is 39.0 Å². The normalized spacial score (nSPS) is 16.7. The maximum absolute atomic E-state index is 12.6. The second-order valence-corrected chi connectivity index (χ2v) is 7.65. The van der Waals surface area contributed by atoms with Gasteiger partial charge in [0.1, 0.15) is 0 Å². The molecule has 6 heteroatoms. The third kappa shape index (κ3) is 5.68. The van der Waals surface area contributed by atoms with E-state index in [0.29, 0.717) is 0 Å². The van der Waals surface area contributed by atoms with Crippen molar-refractivity contribution in [2.75, 3.05) is 6.16 Å². The Bertz CT molecular complexity index is 486. The van der Waals surface area contributed by atoms with Crippen molar-refractivity contribution in [3.8, 4) is 0 Å². The second kappa shape index (κ2) is 6.77. The average Bonchev–Trinajstić information content (AvgIpc) is 2.26. The lowest BCUT2D eigenvalue weighted by atomic mass is 10.1. The van der Waals surface area contributed by atoms with Crippen LogP contribution in [0.1, 0.15) is 37.8 Å². The molecule has 0 fully saturated rings. The van der Waals surface area contributed by atoms with Crippen molar-refractivity contribution in [3.63, 3.8) is 0 Å². The molecule has 0 spiro atoms. The Hall–Kier alpha value is -0.800. The molecule has 0 saturated heterocycles. The predicted molar refractivity (Wildman–Crippen MR) is 73.9 cm³/mol. The molecule has 1 rings (SSSR count). The van der Waals surface area contributed by atoms with Gasteiger partial charge in [0.15, 0.2) is 0 Å². The highest BCUT2D eigenvalue weighted by molar-refractivity contribution is 7.57. The highest BCUT2D eigenvalue weighted by Gasteiger charge is 2.31. The lowest BCUT2D eigenvalue weighted by Gasteiger charge is -2.17. The number of alkyl halides is 3. The molecule has 2 atom stereocenters. The van der Waals surface area contributed by atoms with E-state index in [1.165, 1.54) is 12.1 Å². The topological polar surface area (TPSA) is 37.3 Å². The summed E-state index contributed by atoms with van der Waals surface area (Å²) in [5.41, 5.74) is -0.522. The van der Waals surface area contributed by atoms with Gasteiger partial charge in [-0.2, -0.15) is 13.2 Å². The zero-order chi connectivity index (χ0) is 15.4. The van der Waals surface area contributed by atoms with Gasteiger partial charge in [0.2, 0.25) is 7.37 Å². The van der Waals surface area contributed by atoms with Crippen LogP contribution in [-0.2, 0) is 16.9 Å². The number of halogens is 3. The van der Waals surface area contributed by atoms with Gasteiger partial charge in [-0.25, -0.2) is 0 Å². The fraction of sp³-hybridized carbons (Fsp3) is 0.571. The zero-order valence-electron chi connectivity index (χ0n) is 11.7. The largest absolute Gasteiger partial charge is 0.416 e. The van der Waals surface area contributed by atoms with Crippen LogP contribution in [0.25, 0.3) is 0 Å². The number of rotatable bonds is 6. The van der Waals surface area contributed by atoms with E-state index in [0.717, 1.165) is 25.0 Å². The second-order valence-electron chi connectivity index (χ2n) is 5.28. The van der Waals surface area contributed by atoms with Gasteiger partial charge in [0, 0.05) is 12.3 Å². The molecule has 1 aromatic rings. The summed E-state index contributed by atoms with van der Waals surface area (Å²) in [6, 6.07) is 4.65. The molecule has 0 amide bonds. The summed E-state index contributed by atoms with van der Waals surface area (Å²) in [5.74, 6) is 0.0987. The molecule has 0 aliphatic rings. The molecule has 0 radical (unpaired) electrons. The van der Waals surface area contributed by atoms with Crippen LogP contribution in [-0.4, -0.2) is 11.1 Å². The Balaban J connectivity index is 2.80. The van der Waals surface area contributed by atoms with Gasteiger partial charge < -0.3 is 4.89 Å². The maximum atomic E-state index is 12.6. The summed E-state index contributed by atoms with van der Waals surface area (Å²) >= 11 is 0. The number of hydrogen-bond acceptors (Lipinski definition) is 1. The molecule has 114 valence electrons. The molecule has 2 unspecified atom stereocenters. The van der Waals surface area contributed by atoms with Crippen LogP contribution in [0, 0.1) is 5.92 Å². The van der Waals surface area contributed by atoms with Crippen LogP contribution in [0.4, 0.5) is 13.2 Å². The number of hydrogen-bond donors (Lipinski definition) is 1. The molecular formula is C14H20F3O2P. The van der Waals surface area contributed by atoms with Crippen LogP contribution >= 0.6 is 7.37 Å². The lowest BCUT2D eigenvalue weighted by molar-refractivity contribution is -0.137. The van der Waals surface area contributed by atoms with Crippen molar-refractivity contribution >= 4 is 7.37 Å². The summed E-state index contributed by atoms with van der Waals surface area (Å²) in [5, 5.41) is 0. The summed E-state index contributed by atoms with van der Waals surface area (Å²) in [7, 11) is -3.44. The van der Waals surface area contributed by atoms with E-state index in [1.54, 1.807) is 0 Å². The fourth-order valence-corrected chi connectivity index (χ4v) is 4.32. The summed E-state index contributed by atoms with van der Waals surface area (Å²) in [6.07, 6.45) is -2.72. The highest BCUT2D eigenvalue weighted by Crippen LogP contribution is 2.47. The predicted octanol–water partition coefficient (Wildman–Crippen LogP) is 4.91. The summed E-state index contributed by atoms with van der Waals surface area (Å²) in [6.45, 7) is 3.88. The first-order valence-electron chi connectivity index (χ1n) is 6.61. The van der Waals surface area contributed by atoms with Crippen LogP contribution in [0.15, 0.2) is 24.3 Å². The minimum Gasteiger partial charge on any atom is -0.344 e. The van der Waals surface area contributed by atoms with Crippen molar-refractivity contribution in [3.05, 3.63) is 35.4 Å². The third-order valence-corrected chi connectivity index (χ3v) is 5.12. The first-order valence-corrected chi connectivity index (χ1v) is 8.64. The summed E-state index contributed by atoms with van der Waals surface area (Å²) < 4.78 is 49.8. The van der Waals surface area contributed by atoms with Gasteiger partial charge in [-0.1, -0.05) is 44.9 Å². The summed E-state index contributed by atoms with van der Waals surface area (Å²) in [4.78, 5) is 9.93. The minimum absolute atomic E-state index is 0.0987. The van der Waals surface area contributed by atoms with E-state index in [4.69, 9.17) is 0 Å². The van der Waals surface area contributed by atoms with Gasteiger partial charge >= 0.3 is 6.18 Å². The van der Waals surface area contributed by atoms with Crippen molar-refractivity contribution in [2.24, 2.45) is 5.92 Å². The number of benzene rings is 1. The van der Waals surface area contributed by atoms with Gasteiger partial charge in [0.05, 0.1) is 5.56 Å². The maximum Gasteiger partial charge on any atom is 0.416 e. The van der Waals surface area contributed by atoms with Crippen molar-refractivity contribution < 1.29 is 22.6 Å². The smallest absolute Gasteiger partial charge is 0.344 e. The van der Waals surface area contributed by atoms with Gasteiger partial charge in [-0.05, 0) is 17.5 Å². The van der Waals surface area contributed by atoms with Crippen molar-refractivity contribution in [1.29, 1.82) is 0 Å². The molecule has 0 heterocycles. The fourth-order valence-electron chi connectivity index (χ4n) is 2.27. The minimum atomic E-state index is -4.43. The standard InChI is InChI=1S/C14H20F3O2P/c1-3-5-11(2)9-20(18,19)10-12-6-4-7-13(8-12)14(15,16)17/h4,6-8,11H,3,5,9-10H2,1-2H3,(H,18,19). The SMILES string of the molecule is CCCC(C)CP(=O)(O)Cc1cccc(C(F)(F)F)c1. The van der Waals surface area contributed by atoms with Gasteiger partial charge in [-0.15, -0.1) is 0 Å². The Kier molecular flexibility index (Phi) is 5.84. The van der Waals surface area contributed by atoms with E-state index < -0.39 is 19.1 Å². The monoisotopic (exact) mass is 308 g/mol. The van der Waals surface area contributed by atoms with Crippen LogP contribution < -0.4 is 0 Å². The molecule has 1 aromatic carbocycles. The molecule has 0 bridgehead atoms. The first-order chi connectivity index (χ1) is 9.14. The average molecular weight is 308 g/mol. The quantitative estimate of drug-likeness (QED) is 0.758. The Morgan fingerprint density at radius 1 is 1.35 bits per heavy atom. The third-order valence-electron chi connectivity index (χ3n) is 3.06. The molecule has 1 N–H and O–H groups in total. The van der Waals surface area contributed by atoms with Gasteiger partial charge in [0.25, 0.3) is 0 Å². The Labute approximate surface area is 117 Å². The van der Waals surface area contributed by atoms with E-state index >= 15 is 0 Å². The van der Waals surface area contributed by atoms with E-state index in [9.17, 15) is 22.6 Å². The molecule has 0 aromatic heterocycles. The highest BCUT2D eigenvalue weighted by atomic mass is 31.2.